The van der Waals surface area contributed by atoms with Crippen LogP contribution in [-0.2, 0) is 0 Å². The molecule has 8 heteroatoms. The van der Waals surface area contributed by atoms with Gasteiger partial charge in [0, 0.05) is 22.6 Å². The van der Waals surface area contributed by atoms with Crippen LogP contribution < -0.4 is 11.1 Å². The molecular weight excluding hydrogens is 364 g/mol. The molecule has 0 aliphatic heterocycles. The Bertz CT molecular complexity index is 1250. The molecule has 4 aromatic rings. The first-order chi connectivity index (χ1) is 13.0. The third kappa shape index (κ3) is 3.26. The SMILES string of the molecule is CC(C)n1c(=O)c(=O)[nH]c2cc(-c3noc(/C=C/c4cccs4)n3)ccc21. The van der Waals surface area contributed by atoms with Crippen LogP contribution in [0, 0.1) is 0 Å². The number of hydrogen-bond donors (Lipinski definition) is 1. The van der Waals surface area contributed by atoms with E-state index in [0.717, 1.165) is 4.88 Å². The van der Waals surface area contributed by atoms with Crippen molar-refractivity contribution in [2.24, 2.45) is 0 Å². The van der Waals surface area contributed by atoms with E-state index in [1.807, 2.05) is 37.4 Å². The number of H-pyrrole nitrogens is 1. The summed E-state index contributed by atoms with van der Waals surface area (Å²) in [5.41, 5.74) is 0.671. The lowest BCUT2D eigenvalue weighted by Gasteiger charge is -2.13. The quantitative estimate of drug-likeness (QED) is 0.547. The molecule has 1 N–H and O–H groups in total. The van der Waals surface area contributed by atoms with Crippen LogP contribution in [0.15, 0.2) is 49.8 Å². The lowest BCUT2D eigenvalue weighted by Crippen LogP contribution is -2.37. The first-order valence-corrected chi connectivity index (χ1v) is 9.25. The van der Waals surface area contributed by atoms with Gasteiger partial charge in [-0.1, -0.05) is 11.2 Å². The summed E-state index contributed by atoms with van der Waals surface area (Å²) in [7, 11) is 0. The fourth-order valence-electron chi connectivity index (χ4n) is 2.85. The molecule has 1 aromatic carbocycles. The predicted molar refractivity (Wildman–Crippen MR) is 106 cm³/mol. The summed E-state index contributed by atoms with van der Waals surface area (Å²) >= 11 is 1.61. The Balaban J connectivity index is 1.74. The van der Waals surface area contributed by atoms with Crippen LogP contribution in [0.1, 0.15) is 30.7 Å². The lowest BCUT2D eigenvalue weighted by molar-refractivity contribution is 0.411. The average molecular weight is 380 g/mol. The summed E-state index contributed by atoms with van der Waals surface area (Å²) in [6, 6.07) is 9.15. The van der Waals surface area contributed by atoms with E-state index in [4.69, 9.17) is 4.52 Å². The highest BCUT2D eigenvalue weighted by Crippen LogP contribution is 2.22. The zero-order valence-electron chi connectivity index (χ0n) is 14.7. The number of fused-ring (bicyclic) bond motifs is 1. The van der Waals surface area contributed by atoms with Gasteiger partial charge < -0.3 is 9.51 Å². The normalized spacial score (nSPS) is 11.8. The van der Waals surface area contributed by atoms with Gasteiger partial charge >= 0.3 is 11.1 Å². The molecule has 3 aromatic heterocycles. The molecule has 0 fully saturated rings. The second kappa shape index (κ2) is 6.81. The molecule has 0 aliphatic rings. The lowest BCUT2D eigenvalue weighted by atomic mass is 10.1. The van der Waals surface area contributed by atoms with Crippen molar-refractivity contribution < 1.29 is 4.52 Å². The van der Waals surface area contributed by atoms with Crippen molar-refractivity contribution in [1.29, 1.82) is 0 Å². The highest BCUT2D eigenvalue weighted by molar-refractivity contribution is 7.10. The van der Waals surface area contributed by atoms with Gasteiger partial charge in [0.05, 0.1) is 11.0 Å². The van der Waals surface area contributed by atoms with Gasteiger partial charge in [-0.15, -0.1) is 11.3 Å². The Morgan fingerprint density at radius 3 is 2.81 bits per heavy atom. The maximum Gasteiger partial charge on any atom is 0.316 e. The van der Waals surface area contributed by atoms with Crippen LogP contribution in [0.2, 0.25) is 0 Å². The Hall–Kier alpha value is -3.26. The maximum absolute atomic E-state index is 12.1. The van der Waals surface area contributed by atoms with Crippen LogP contribution in [0.25, 0.3) is 34.6 Å². The Morgan fingerprint density at radius 1 is 1.22 bits per heavy atom. The highest BCUT2D eigenvalue weighted by Gasteiger charge is 2.13. The number of aromatic nitrogens is 4. The molecule has 0 saturated carbocycles. The monoisotopic (exact) mass is 380 g/mol. The summed E-state index contributed by atoms with van der Waals surface area (Å²) in [6.45, 7) is 3.72. The van der Waals surface area contributed by atoms with Crippen LogP contribution in [0.3, 0.4) is 0 Å². The molecule has 0 unspecified atom stereocenters. The fraction of sp³-hybridized carbons (Fsp3) is 0.158. The minimum atomic E-state index is -0.652. The number of rotatable bonds is 4. The third-order valence-corrected chi connectivity index (χ3v) is 4.90. The number of nitrogens with one attached hydrogen (secondary N) is 1. The molecule has 0 saturated heterocycles. The van der Waals surface area contributed by atoms with Gasteiger partial charge in [0.2, 0.25) is 5.82 Å². The minimum absolute atomic E-state index is 0.132. The van der Waals surface area contributed by atoms with Gasteiger partial charge in [-0.05, 0) is 49.6 Å². The van der Waals surface area contributed by atoms with Crippen LogP contribution in [0.5, 0.6) is 0 Å². The van der Waals surface area contributed by atoms with Crippen LogP contribution in [0.4, 0.5) is 0 Å². The van der Waals surface area contributed by atoms with Crippen molar-refractivity contribution in [2.45, 2.75) is 19.9 Å². The molecule has 7 nitrogen and oxygen atoms in total. The summed E-state index contributed by atoms with van der Waals surface area (Å²) in [5.74, 6) is 0.796. The van der Waals surface area contributed by atoms with Gasteiger partial charge in [0.15, 0.2) is 0 Å². The predicted octanol–water partition coefficient (Wildman–Crippen LogP) is 3.55. The van der Waals surface area contributed by atoms with Crippen molar-refractivity contribution in [1.82, 2.24) is 19.7 Å². The number of hydrogen-bond acceptors (Lipinski definition) is 6. The van der Waals surface area contributed by atoms with E-state index >= 15 is 0 Å². The molecule has 136 valence electrons. The van der Waals surface area contributed by atoms with Crippen LogP contribution in [-0.4, -0.2) is 19.7 Å². The average Bonchev–Trinajstić information content (AvgIpc) is 3.32. The van der Waals surface area contributed by atoms with Gasteiger partial charge in [0.1, 0.15) is 0 Å². The molecule has 0 aliphatic carbocycles. The zero-order chi connectivity index (χ0) is 19.0. The van der Waals surface area contributed by atoms with E-state index in [2.05, 4.69) is 15.1 Å². The van der Waals surface area contributed by atoms with Crippen molar-refractivity contribution in [3.63, 3.8) is 0 Å². The molecule has 0 bridgehead atoms. The summed E-state index contributed by atoms with van der Waals surface area (Å²) in [5, 5.41) is 5.99. The second-order valence-electron chi connectivity index (χ2n) is 6.26. The molecule has 0 radical (unpaired) electrons. The Labute approximate surface area is 157 Å². The molecular formula is C19H16N4O3S. The van der Waals surface area contributed by atoms with Crippen molar-refractivity contribution in [3.05, 3.63) is 67.2 Å². The van der Waals surface area contributed by atoms with E-state index in [-0.39, 0.29) is 6.04 Å². The summed E-state index contributed by atoms with van der Waals surface area (Å²) in [6.07, 6.45) is 3.66. The highest BCUT2D eigenvalue weighted by atomic mass is 32.1. The summed E-state index contributed by atoms with van der Waals surface area (Å²) < 4.78 is 6.74. The number of nitrogens with zero attached hydrogens (tertiary/aromatic N) is 3. The van der Waals surface area contributed by atoms with Gasteiger partial charge in [0.25, 0.3) is 5.89 Å². The van der Waals surface area contributed by atoms with E-state index in [1.54, 1.807) is 35.6 Å². The zero-order valence-corrected chi connectivity index (χ0v) is 15.5. The summed E-state index contributed by atoms with van der Waals surface area (Å²) in [4.78, 5) is 32.2. The number of thiophene rings is 1. The fourth-order valence-corrected chi connectivity index (χ4v) is 3.47. The smallest absolute Gasteiger partial charge is 0.316 e. The Morgan fingerprint density at radius 2 is 2.07 bits per heavy atom. The minimum Gasteiger partial charge on any atom is -0.334 e. The van der Waals surface area contributed by atoms with E-state index in [1.165, 1.54) is 4.57 Å². The molecule has 4 rings (SSSR count). The first-order valence-electron chi connectivity index (χ1n) is 8.37. The van der Waals surface area contributed by atoms with Crippen molar-refractivity contribution in [3.8, 4) is 11.4 Å². The number of benzene rings is 1. The van der Waals surface area contributed by atoms with E-state index < -0.39 is 11.1 Å². The van der Waals surface area contributed by atoms with Gasteiger partial charge in [-0.3, -0.25) is 14.2 Å². The van der Waals surface area contributed by atoms with Crippen molar-refractivity contribution in [2.75, 3.05) is 0 Å². The van der Waals surface area contributed by atoms with Crippen molar-refractivity contribution >= 4 is 34.5 Å². The molecule has 0 atom stereocenters. The largest absolute Gasteiger partial charge is 0.334 e. The van der Waals surface area contributed by atoms with E-state index in [9.17, 15) is 9.59 Å². The number of aromatic amines is 1. The van der Waals surface area contributed by atoms with Gasteiger partial charge in [-0.25, -0.2) is 0 Å². The Kier molecular flexibility index (Phi) is 4.33. The third-order valence-electron chi connectivity index (χ3n) is 4.07. The first kappa shape index (κ1) is 17.2. The topological polar surface area (TPSA) is 93.8 Å². The van der Waals surface area contributed by atoms with E-state index in [0.29, 0.717) is 28.3 Å². The standard InChI is InChI=1S/C19H16N4O3S/c1-11(2)23-15-7-5-12(10-14(15)20-18(24)19(23)25)17-21-16(26-22-17)8-6-13-4-3-9-27-13/h3-11H,1-2H3,(H,20,24)/b8-6+. The molecule has 3 heterocycles. The molecule has 0 spiro atoms. The van der Waals surface area contributed by atoms with Crippen LogP contribution >= 0.6 is 11.3 Å². The molecule has 0 amide bonds. The maximum atomic E-state index is 12.1. The molecule has 27 heavy (non-hydrogen) atoms. The van der Waals surface area contributed by atoms with Gasteiger partial charge in [-0.2, -0.15) is 4.98 Å². The second-order valence-corrected chi connectivity index (χ2v) is 7.24.